The predicted molar refractivity (Wildman–Crippen MR) is 183 cm³/mol. The minimum absolute atomic E-state index is 0.0467. The number of rotatable bonds is 4. The fraction of sp³-hybridized carbons (Fsp3) is 0.150. The number of nitrogens with zero attached hydrogens (tertiary/aromatic N) is 3. The molecule has 0 aliphatic heterocycles. The summed E-state index contributed by atoms with van der Waals surface area (Å²) in [5, 5.41) is 12.1. The molecule has 44 heavy (non-hydrogen) atoms. The highest BCUT2D eigenvalue weighted by atomic mass is 16.3. The number of imidazole rings is 1. The molecular weight excluding hydrogens is 538 g/mol. The van der Waals surface area contributed by atoms with Crippen molar-refractivity contribution < 1.29 is 5.11 Å². The van der Waals surface area contributed by atoms with E-state index in [0.717, 1.165) is 44.5 Å². The minimum Gasteiger partial charge on any atom is -0.507 e. The number of pyridine rings is 1. The van der Waals surface area contributed by atoms with Crippen molar-refractivity contribution in [3.05, 3.63) is 132 Å². The summed E-state index contributed by atoms with van der Waals surface area (Å²) in [6, 6.07) is 37.5. The molecule has 4 nitrogen and oxygen atoms in total. The first-order valence-electron chi connectivity index (χ1n) is 15.1. The van der Waals surface area contributed by atoms with E-state index in [-0.39, 0.29) is 11.2 Å². The van der Waals surface area contributed by atoms with Crippen LogP contribution in [0.15, 0.2) is 115 Å². The van der Waals surface area contributed by atoms with Gasteiger partial charge in [0.2, 0.25) is 0 Å². The Labute approximate surface area is 258 Å². The summed E-state index contributed by atoms with van der Waals surface area (Å²) in [5.74, 6) is 0.905. The van der Waals surface area contributed by atoms with E-state index in [9.17, 15) is 5.11 Å². The van der Waals surface area contributed by atoms with Crippen LogP contribution in [0.3, 0.4) is 0 Å². The number of fused-ring (bicyclic) bond motifs is 2. The molecule has 1 N–H and O–H groups in total. The Balaban J connectivity index is 1.45. The van der Waals surface area contributed by atoms with Gasteiger partial charge in [-0.05, 0) is 95.6 Å². The molecule has 2 heterocycles. The average molecular weight is 574 g/mol. The van der Waals surface area contributed by atoms with Crippen LogP contribution in [0.5, 0.6) is 5.75 Å². The van der Waals surface area contributed by atoms with Gasteiger partial charge in [-0.25, -0.2) is 4.98 Å². The molecule has 0 fully saturated rings. The maximum atomic E-state index is 10.9. The molecule has 0 aliphatic carbocycles. The second-order valence-electron chi connectivity index (χ2n) is 12.6. The van der Waals surface area contributed by atoms with E-state index >= 15 is 0 Å². The number of phenolic OH excluding ortho intramolecular Hbond substituents is 1. The van der Waals surface area contributed by atoms with Gasteiger partial charge in [-0.1, -0.05) is 81.4 Å². The fourth-order valence-electron chi connectivity index (χ4n) is 6.15. The molecule has 0 bridgehead atoms. The largest absolute Gasteiger partial charge is 0.507 e. The fourth-order valence-corrected chi connectivity index (χ4v) is 6.15. The summed E-state index contributed by atoms with van der Waals surface area (Å²) < 4.78 is 2.16. The second kappa shape index (κ2) is 10.5. The summed E-state index contributed by atoms with van der Waals surface area (Å²) in [4.78, 5) is 10.0. The highest BCUT2D eigenvalue weighted by molar-refractivity contribution is 5.99. The molecule has 0 atom stereocenters. The van der Waals surface area contributed by atoms with E-state index in [1.807, 2.05) is 30.5 Å². The maximum absolute atomic E-state index is 10.9. The zero-order valence-corrected chi connectivity index (χ0v) is 25.8. The molecule has 4 heteroatoms. The number of aryl methyl sites for hydroxylation is 2. The van der Waals surface area contributed by atoms with Crippen LogP contribution in [0.25, 0.3) is 61.3 Å². The third-order valence-electron chi connectivity index (χ3n) is 8.73. The molecule has 0 radical (unpaired) electrons. The second-order valence-corrected chi connectivity index (χ2v) is 12.6. The summed E-state index contributed by atoms with van der Waals surface area (Å²) in [5.41, 5.74) is 12.7. The lowest BCUT2D eigenvalue weighted by atomic mass is 9.87. The quantitative estimate of drug-likeness (QED) is 0.228. The van der Waals surface area contributed by atoms with Crippen molar-refractivity contribution in [2.45, 2.75) is 40.0 Å². The predicted octanol–water partition coefficient (Wildman–Crippen LogP) is 10.2. The van der Waals surface area contributed by atoms with Crippen LogP contribution in [0, 0.1) is 13.8 Å². The molecule has 7 rings (SSSR count). The molecule has 0 saturated heterocycles. The first kappa shape index (κ1) is 27.6. The van der Waals surface area contributed by atoms with Gasteiger partial charge < -0.3 is 5.11 Å². The van der Waals surface area contributed by atoms with E-state index in [2.05, 4.69) is 118 Å². The van der Waals surface area contributed by atoms with Crippen LogP contribution in [0.2, 0.25) is 0 Å². The Hall–Kier alpha value is -5.22. The van der Waals surface area contributed by atoms with Gasteiger partial charge in [0.25, 0.3) is 0 Å². The normalized spacial score (nSPS) is 11.8. The Morgan fingerprint density at radius 1 is 0.659 bits per heavy atom. The highest BCUT2D eigenvalue weighted by Crippen LogP contribution is 2.39. The van der Waals surface area contributed by atoms with Crippen molar-refractivity contribution in [3.8, 4) is 45.1 Å². The standard InChI is InChI=1S/C40H35N3O/c1-25-23-34(37-31(26(25)2)15-10-22-41-37)28-12-8-11-27(24-28)32-14-9-16-35-38(32)42-39(33-13-6-7-17-36(33)44)43(35)30-20-18-29(19-21-30)40(3,4)5/h6-24,44H,1-5H3. The van der Waals surface area contributed by atoms with Gasteiger partial charge in [-0.15, -0.1) is 0 Å². The molecule has 5 aromatic carbocycles. The third kappa shape index (κ3) is 4.64. The lowest BCUT2D eigenvalue weighted by molar-refractivity contribution is 0.477. The molecule has 0 aliphatic rings. The van der Waals surface area contributed by atoms with Gasteiger partial charge in [-0.3, -0.25) is 9.55 Å². The van der Waals surface area contributed by atoms with Gasteiger partial charge in [-0.2, -0.15) is 0 Å². The van der Waals surface area contributed by atoms with Crippen LogP contribution < -0.4 is 0 Å². The van der Waals surface area contributed by atoms with Crippen LogP contribution in [-0.4, -0.2) is 19.6 Å². The molecule has 0 saturated carbocycles. The topological polar surface area (TPSA) is 50.9 Å². The lowest BCUT2D eigenvalue weighted by Crippen LogP contribution is -2.11. The molecular formula is C40H35N3O. The van der Waals surface area contributed by atoms with Crippen molar-refractivity contribution in [1.82, 2.24) is 14.5 Å². The van der Waals surface area contributed by atoms with Crippen molar-refractivity contribution >= 4 is 21.9 Å². The third-order valence-corrected chi connectivity index (χ3v) is 8.73. The summed E-state index contributed by atoms with van der Waals surface area (Å²) >= 11 is 0. The molecule has 216 valence electrons. The Morgan fingerprint density at radius 2 is 1.36 bits per heavy atom. The zero-order chi connectivity index (χ0) is 30.6. The summed E-state index contributed by atoms with van der Waals surface area (Å²) in [7, 11) is 0. The number of para-hydroxylation sites is 2. The van der Waals surface area contributed by atoms with E-state index in [0.29, 0.717) is 11.4 Å². The monoisotopic (exact) mass is 573 g/mol. The Morgan fingerprint density at radius 3 is 2.11 bits per heavy atom. The number of hydrogen-bond acceptors (Lipinski definition) is 3. The van der Waals surface area contributed by atoms with Gasteiger partial charge in [0.05, 0.1) is 22.1 Å². The molecule has 0 spiro atoms. The number of phenols is 1. The van der Waals surface area contributed by atoms with E-state index in [1.54, 1.807) is 6.07 Å². The van der Waals surface area contributed by atoms with Gasteiger partial charge in [0, 0.05) is 28.4 Å². The van der Waals surface area contributed by atoms with Crippen molar-refractivity contribution in [2.75, 3.05) is 0 Å². The highest BCUT2D eigenvalue weighted by Gasteiger charge is 2.21. The van der Waals surface area contributed by atoms with E-state index in [4.69, 9.17) is 9.97 Å². The smallest absolute Gasteiger partial charge is 0.149 e. The minimum atomic E-state index is 0.0467. The molecule has 7 aromatic rings. The average Bonchev–Trinajstić information content (AvgIpc) is 3.42. The molecule has 0 unspecified atom stereocenters. The lowest BCUT2D eigenvalue weighted by Gasteiger charge is -2.19. The Kier molecular flexibility index (Phi) is 6.58. The summed E-state index contributed by atoms with van der Waals surface area (Å²) in [6.45, 7) is 11.0. The van der Waals surface area contributed by atoms with Gasteiger partial charge in [0.1, 0.15) is 11.6 Å². The van der Waals surface area contributed by atoms with Gasteiger partial charge in [0.15, 0.2) is 0 Å². The van der Waals surface area contributed by atoms with Crippen LogP contribution >= 0.6 is 0 Å². The first-order valence-corrected chi connectivity index (χ1v) is 15.1. The first-order chi connectivity index (χ1) is 21.2. The van der Waals surface area contributed by atoms with Crippen LogP contribution in [0.1, 0.15) is 37.5 Å². The van der Waals surface area contributed by atoms with Crippen molar-refractivity contribution in [3.63, 3.8) is 0 Å². The molecule has 0 amide bonds. The van der Waals surface area contributed by atoms with Crippen molar-refractivity contribution in [1.29, 1.82) is 0 Å². The number of aromatic nitrogens is 3. The molecule has 2 aromatic heterocycles. The van der Waals surface area contributed by atoms with E-state index < -0.39 is 0 Å². The summed E-state index contributed by atoms with van der Waals surface area (Å²) in [6.07, 6.45) is 1.87. The van der Waals surface area contributed by atoms with Crippen molar-refractivity contribution in [2.24, 2.45) is 0 Å². The Bertz CT molecular complexity index is 2180. The maximum Gasteiger partial charge on any atom is 0.149 e. The SMILES string of the molecule is Cc1cc(-c2cccc(-c3cccc4c3nc(-c3ccccc3O)n4-c3ccc(C(C)(C)C)cc3)c2)c2ncccc2c1C. The number of aromatic hydroxyl groups is 1. The van der Waals surface area contributed by atoms with Gasteiger partial charge >= 0.3 is 0 Å². The van der Waals surface area contributed by atoms with Crippen LogP contribution in [0.4, 0.5) is 0 Å². The zero-order valence-electron chi connectivity index (χ0n) is 25.8. The number of benzene rings is 5. The number of hydrogen-bond donors (Lipinski definition) is 1. The van der Waals surface area contributed by atoms with Crippen LogP contribution in [-0.2, 0) is 5.41 Å². The van der Waals surface area contributed by atoms with E-state index in [1.165, 1.54) is 22.1 Å².